The van der Waals surface area contributed by atoms with E-state index in [0.29, 0.717) is 19.7 Å². The van der Waals surface area contributed by atoms with Crippen molar-refractivity contribution in [1.29, 1.82) is 0 Å². The summed E-state index contributed by atoms with van der Waals surface area (Å²) in [5.41, 5.74) is 1.02. The molecule has 1 fully saturated rings. The topological polar surface area (TPSA) is 46.6 Å². The van der Waals surface area contributed by atoms with Crippen LogP contribution in [0.25, 0.3) is 0 Å². The minimum absolute atomic E-state index is 0.0402. The molecule has 0 radical (unpaired) electrons. The lowest BCUT2D eigenvalue weighted by Crippen LogP contribution is -2.42. The van der Waals surface area contributed by atoms with Crippen molar-refractivity contribution in [2.75, 3.05) is 24.4 Å². The van der Waals surface area contributed by atoms with Gasteiger partial charge in [-0.3, -0.25) is 0 Å². The second-order valence-corrected chi connectivity index (χ2v) is 7.12. The molecule has 1 aliphatic heterocycles. The molecule has 0 spiro atoms. The maximum absolute atomic E-state index is 11.8. The zero-order valence-corrected chi connectivity index (χ0v) is 11.7. The first kappa shape index (κ1) is 13.0. The Morgan fingerprint density at radius 1 is 1.35 bits per heavy atom. The molecule has 2 rings (SSSR count). The summed E-state index contributed by atoms with van der Waals surface area (Å²) in [5, 5.41) is 0. The van der Waals surface area contributed by atoms with Crippen LogP contribution in [-0.4, -0.2) is 37.1 Å². The lowest BCUT2D eigenvalue weighted by Gasteiger charge is -2.31. The summed E-state index contributed by atoms with van der Waals surface area (Å²) < 4.78 is 30.6. The standard InChI is InChI=1S/C11H14BrNO3S/c12-9-17(14,15)13-6-7-16-11(8-13)10-4-2-1-3-5-10/h1-5,11H,6-9H2. The Kier molecular flexibility index (Phi) is 4.19. The lowest BCUT2D eigenvalue weighted by molar-refractivity contribution is -0.00238. The summed E-state index contributed by atoms with van der Waals surface area (Å²) in [4.78, 5) is 0. The predicted molar refractivity (Wildman–Crippen MR) is 69.4 cm³/mol. The van der Waals surface area contributed by atoms with Crippen LogP contribution in [0, 0.1) is 0 Å². The van der Waals surface area contributed by atoms with Gasteiger partial charge < -0.3 is 4.74 Å². The van der Waals surface area contributed by atoms with E-state index in [2.05, 4.69) is 15.9 Å². The molecule has 4 nitrogen and oxygen atoms in total. The maximum Gasteiger partial charge on any atom is 0.224 e. The van der Waals surface area contributed by atoms with Crippen LogP contribution in [0.3, 0.4) is 0 Å². The van der Waals surface area contributed by atoms with Gasteiger partial charge in [0.05, 0.1) is 12.7 Å². The number of morpholine rings is 1. The van der Waals surface area contributed by atoms with Crippen LogP contribution < -0.4 is 0 Å². The molecule has 1 heterocycles. The van der Waals surface area contributed by atoms with Crippen molar-refractivity contribution >= 4 is 26.0 Å². The van der Waals surface area contributed by atoms with Crippen LogP contribution in [0.1, 0.15) is 11.7 Å². The van der Waals surface area contributed by atoms with Gasteiger partial charge in [0.25, 0.3) is 0 Å². The van der Waals surface area contributed by atoms with Gasteiger partial charge in [-0.15, -0.1) is 0 Å². The van der Waals surface area contributed by atoms with Gasteiger partial charge in [0.1, 0.15) is 4.66 Å². The molecule has 94 valence electrons. The number of sulfonamides is 1. The lowest BCUT2D eigenvalue weighted by atomic mass is 10.1. The third-order valence-electron chi connectivity index (χ3n) is 2.73. The summed E-state index contributed by atoms with van der Waals surface area (Å²) >= 11 is 3.01. The molecule has 0 aromatic heterocycles. The molecule has 1 saturated heterocycles. The highest BCUT2D eigenvalue weighted by Gasteiger charge is 2.29. The molecule has 1 aliphatic rings. The molecule has 1 aromatic rings. The number of halogens is 1. The maximum atomic E-state index is 11.8. The molecule has 6 heteroatoms. The second-order valence-electron chi connectivity index (χ2n) is 3.85. The van der Waals surface area contributed by atoms with Gasteiger partial charge in [-0.25, -0.2) is 8.42 Å². The van der Waals surface area contributed by atoms with E-state index in [0.717, 1.165) is 5.56 Å². The predicted octanol–water partition coefficient (Wildman–Crippen LogP) is 1.74. The molecule has 0 saturated carbocycles. The normalized spacial score (nSPS) is 22.5. The van der Waals surface area contributed by atoms with Crippen LogP contribution in [0.5, 0.6) is 0 Å². The number of alkyl halides is 1. The van der Waals surface area contributed by atoms with E-state index in [4.69, 9.17) is 4.74 Å². The summed E-state index contributed by atoms with van der Waals surface area (Å²) in [6, 6.07) is 9.69. The van der Waals surface area contributed by atoms with Crippen molar-refractivity contribution in [2.24, 2.45) is 0 Å². The second kappa shape index (κ2) is 5.48. The van der Waals surface area contributed by atoms with Crippen LogP contribution in [-0.2, 0) is 14.8 Å². The molecule has 0 N–H and O–H groups in total. The van der Waals surface area contributed by atoms with E-state index in [1.165, 1.54) is 4.31 Å². The molecule has 1 atom stereocenters. The van der Waals surface area contributed by atoms with Gasteiger partial charge in [0.2, 0.25) is 10.0 Å². The van der Waals surface area contributed by atoms with Crippen molar-refractivity contribution < 1.29 is 13.2 Å². The molecular formula is C11H14BrNO3S. The van der Waals surface area contributed by atoms with Gasteiger partial charge in [0, 0.05) is 13.1 Å². The summed E-state index contributed by atoms with van der Waals surface area (Å²) in [6.07, 6.45) is -0.168. The SMILES string of the molecule is O=S(=O)(CBr)N1CCOC(c2ccccc2)C1. The zero-order valence-electron chi connectivity index (χ0n) is 9.25. The van der Waals surface area contributed by atoms with E-state index >= 15 is 0 Å². The Hall–Kier alpha value is -0.430. The minimum Gasteiger partial charge on any atom is -0.371 e. The fourth-order valence-corrected chi connectivity index (χ4v) is 3.54. The highest BCUT2D eigenvalue weighted by molar-refractivity contribution is 9.10. The molecule has 0 amide bonds. The van der Waals surface area contributed by atoms with Gasteiger partial charge in [-0.2, -0.15) is 4.31 Å². The number of ether oxygens (including phenoxy) is 1. The van der Waals surface area contributed by atoms with Crippen molar-refractivity contribution in [1.82, 2.24) is 4.31 Å². The molecule has 0 aliphatic carbocycles. The Morgan fingerprint density at radius 2 is 2.06 bits per heavy atom. The van der Waals surface area contributed by atoms with Gasteiger partial charge in [-0.1, -0.05) is 46.3 Å². The van der Waals surface area contributed by atoms with Crippen LogP contribution in [0.2, 0.25) is 0 Å². The monoisotopic (exact) mass is 319 g/mol. The van der Waals surface area contributed by atoms with E-state index in [9.17, 15) is 8.42 Å². The van der Waals surface area contributed by atoms with Gasteiger partial charge >= 0.3 is 0 Å². The molecule has 17 heavy (non-hydrogen) atoms. The summed E-state index contributed by atoms with van der Waals surface area (Å²) in [6.45, 7) is 1.25. The Bertz CT molecular complexity index is 463. The Balaban J connectivity index is 2.13. The van der Waals surface area contributed by atoms with Crippen LogP contribution in [0.4, 0.5) is 0 Å². The Morgan fingerprint density at radius 3 is 2.71 bits per heavy atom. The number of benzene rings is 1. The third-order valence-corrected chi connectivity index (χ3v) is 5.86. The Labute approximate surface area is 110 Å². The largest absolute Gasteiger partial charge is 0.371 e. The van der Waals surface area contributed by atoms with E-state index < -0.39 is 10.0 Å². The fraction of sp³-hybridized carbons (Fsp3) is 0.455. The van der Waals surface area contributed by atoms with Crippen molar-refractivity contribution in [2.45, 2.75) is 6.10 Å². The molecule has 0 bridgehead atoms. The van der Waals surface area contributed by atoms with Crippen molar-refractivity contribution in [3.63, 3.8) is 0 Å². The fourth-order valence-electron chi connectivity index (χ4n) is 1.82. The zero-order chi connectivity index (χ0) is 12.3. The smallest absolute Gasteiger partial charge is 0.224 e. The summed E-state index contributed by atoms with van der Waals surface area (Å²) in [5.74, 6) is 0. The van der Waals surface area contributed by atoms with E-state index in [1.54, 1.807) is 0 Å². The average molecular weight is 320 g/mol. The van der Waals surface area contributed by atoms with Crippen molar-refractivity contribution in [3.05, 3.63) is 35.9 Å². The molecule has 1 aromatic carbocycles. The number of hydrogen-bond acceptors (Lipinski definition) is 3. The highest BCUT2D eigenvalue weighted by Crippen LogP contribution is 2.23. The minimum atomic E-state index is -3.19. The average Bonchev–Trinajstić information content (AvgIpc) is 2.40. The van der Waals surface area contributed by atoms with Crippen molar-refractivity contribution in [3.8, 4) is 0 Å². The van der Waals surface area contributed by atoms with Crippen LogP contribution in [0.15, 0.2) is 30.3 Å². The first-order chi connectivity index (χ1) is 8.13. The molecule has 1 unspecified atom stereocenters. The third kappa shape index (κ3) is 3.07. The number of rotatable bonds is 3. The van der Waals surface area contributed by atoms with E-state index in [1.807, 2.05) is 30.3 Å². The number of nitrogens with zero attached hydrogens (tertiary/aromatic N) is 1. The van der Waals surface area contributed by atoms with Crippen LogP contribution >= 0.6 is 15.9 Å². The molecular weight excluding hydrogens is 306 g/mol. The number of hydrogen-bond donors (Lipinski definition) is 0. The highest BCUT2D eigenvalue weighted by atomic mass is 79.9. The van der Waals surface area contributed by atoms with E-state index in [-0.39, 0.29) is 10.8 Å². The quantitative estimate of drug-likeness (QED) is 0.797. The van der Waals surface area contributed by atoms with Gasteiger partial charge in [-0.05, 0) is 5.56 Å². The first-order valence-electron chi connectivity index (χ1n) is 5.34. The van der Waals surface area contributed by atoms with Gasteiger partial charge in [0.15, 0.2) is 0 Å². The summed E-state index contributed by atoms with van der Waals surface area (Å²) in [7, 11) is -3.19. The first-order valence-corrected chi connectivity index (χ1v) is 8.07.